The first-order chi connectivity index (χ1) is 9.58. The molecule has 20 heavy (non-hydrogen) atoms. The molecule has 0 radical (unpaired) electrons. The molecule has 2 nitrogen and oxygen atoms in total. The predicted octanol–water partition coefficient (Wildman–Crippen LogP) is 4.06. The Kier molecular flexibility index (Phi) is 3.35. The first kappa shape index (κ1) is 13.3. The van der Waals surface area contributed by atoms with Gasteiger partial charge in [-0.15, -0.1) is 0 Å². The number of hydrogen-bond donors (Lipinski definition) is 1. The summed E-state index contributed by atoms with van der Waals surface area (Å²) in [5.74, 6) is 0. The largest absolute Gasteiger partial charge is 0.301 e. The van der Waals surface area contributed by atoms with Crippen molar-refractivity contribution in [3.8, 4) is 0 Å². The van der Waals surface area contributed by atoms with Gasteiger partial charge in [-0.05, 0) is 42.0 Å². The summed E-state index contributed by atoms with van der Waals surface area (Å²) in [4.78, 5) is 4.46. The van der Waals surface area contributed by atoms with Crippen LogP contribution < -0.4 is 5.32 Å². The molecular formula is C18H22N2. The molecular weight excluding hydrogens is 244 g/mol. The lowest BCUT2D eigenvalue weighted by Crippen LogP contribution is -2.33. The number of benzene rings is 1. The van der Waals surface area contributed by atoms with E-state index in [1.165, 1.54) is 11.1 Å². The van der Waals surface area contributed by atoms with Crippen molar-refractivity contribution in [3.63, 3.8) is 0 Å². The predicted molar refractivity (Wildman–Crippen MR) is 82.5 cm³/mol. The van der Waals surface area contributed by atoms with E-state index in [-0.39, 0.29) is 11.5 Å². The van der Waals surface area contributed by atoms with Crippen molar-refractivity contribution in [3.05, 3.63) is 65.5 Å². The number of nitrogens with zero attached hydrogens (tertiary/aromatic N) is 1. The van der Waals surface area contributed by atoms with E-state index in [4.69, 9.17) is 0 Å². The monoisotopic (exact) mass is 266 g/mol. The summed E-state index contributed by atoms with van der Waals surface area (Å²) >= 11 is 0. The van der Waals surface area contributed by atoms with Gasteiger partial charge in [0.05, 0.1) is 5.69 Å². The molecule has 1 aromatic heterocycles. The summed E-state index contributed by atoms with van der Waals surface area (Å²) in [5, 5.41) is 3.78. The SMILES string of the molecule is C[C@@H](NC1c2ccccc2CC1(C)C)c1ccccn1. The van der Waals surface area contributed by atoms with Crippen LogP contribution >= 0.6 is 0 Å². The number of hydrogen-bond acceptors (Lipinski definition) is 2. The lowest BCUT2D eigenvalue weighted by molar-refractivity contribution is 0.251. The Morgan fingerprint density at radius 3 is 2.65 bits per heavy atom. The molecule has 0 saturated carbocycles. The van der Waals surface area contributed by atoms with Crippen molar-refractivity contribution >= 4 is 0 Å². The van der Waals surface area contributed by atoms with E-state index >= 15 is 0 Å². The van der Waals surface area contributed by atoms with Gasteiger partial charge in [0.15, 0.2) is 0 Å². The second-order valence-corrected chi connectivity index (χ2v) is 6.44. The zero-order chi connectivity index (χ0) is 14.2. The third-order valence-electron chi connectivity index (χ3n) is 4.34. The van der Waals surface area contributed by atoms with Gasteiger partial charge in [-0.3, -0.25) is 4.98 Å². The Balaban J connectivity index is 1.86. The third-order valence-corrected chi connectivity index (χ3v) is 4.34. The third kappa shape index (κ3) is 2.36. The van der Waals surface area contributed by atoms with E-state index in [9.17, 15) is 0 Å². The molecule has 0 aliphatic heterocycles. The summed E-state index contributed by atoms with van der Waals surface area (Å²) in [5.41, 5.74) is 4.27. The molecule has 2 atom stereocenters. The maximum absolute atomic E-state index is 4.46. The van der Waals surface area contributed by atoms with Crippen molar-refractivity contribution < 1.29 is 0 Å². The Morgan fingerprint density at radius 1 is 1.15 bits per heavy atom. The topological polar surface area (TPSA) is 24.9 Å². The minimum atomic E-state index is 0.243. The molecule has 1 N–H and O–H groups in total. The molecule has 104 valence electrons. The Morgan fingerprint density at radius 2 is 1.90 bits per heavy atom. The van der Waals surface area contributed by atoms with Crippen LogP contribution in [0.1, 0.15) is 49.7 Å². The van der Waals surface area contributed by atoms with Crippen LogP contribution in [0.5, 0.6) is 0 Å². The van der Waals surface area contributed by atoms with Crippen molar-refractivity contribution in [1.82, 2.24) is 10.3 Å². The minimum Gasteiger partial charge on any atom is -0.301 e. The molecule has 2 aromatic rings. The number of aromatic nitrogens is 1. The van der Waals surface area contributed by atoms with Crippen molar-refractivity contribution in [2.45, 2.75) is 39.3 Å². The standard InChI is InChI=1S/C18H22N2/c1-13(16-10-6-7-11-19-16)20-17-15-9-5-4-8-14(15)12-18(17,2)3/h4-11,13,17,20H,12H2,1-3H3/t13-,17?/m1/s1. The second kappa shape index (κ2) is 5.02. The van der Waals surface area contributed by atoms with Crippen LogP contribution in [0.3, 0.4) is 0 Å². The van der Waals surface area contributed by atoms with Gasteiger partial charge < -0.3 is 5.32 Å². The van der Waals surface area contributed by atoms with Gasteiger partial charge in [0.25, 0.3) is 0 Å². The zero-order valence-corrected chi connectivity index (χ0v) is 12.4. The van der Waals surface area contributed by atoms with E-state index in [2.05, 4.69) is 61.4 Å². The summed E-state index contributed by atoms with van der Waals surface area (Å²) in [6, 6.07) is 15.5. The first-order valence-corrected chi connectivity index (χ1v) is 7.33. The first-order valence-electron chi connectivity index (χ1n) is 7.33. The van der Waals surface area contributed by atoms with Crippen molar-refractivity contribution in [2.75, 3.05) is 0 Å². The van der Waals surface area contributed by atoms with E-state index in [0.717, 1.165) is 12.1 Å². The van der Waals surface area contributed by atoms with Gasteiger partial charge in [-0.25, -0.2) is 0 Å². The highest BCUT2D eigenvalue weighted by Gasteiger charge is 2.39. The van der Waals surface area contributed by atoms with Crippen LogP contribution in [-0.2, 0) is 6.42 Å². The molecule has 1 aliphatic rings. The smallest absolute Gasteiger partial charge is 0.0570 e. The molecule has 1 heterocycles. The fourth-order valence-electron chi connectivity index (χ4n) is 3.27. The van der Waals surface area contributed by atoms with Crippen molar-refractivity contribution in [1.29, 1.82) is 0 Å². The average Bonchev–Trinajstić information content (AvgIpc) is 2.70. The second-order valence-electron chi connectivity index (χ2n) is 6.44. The molecule has 1 aliphatic carbocycles. The van der Waals surface area contributed by atoms with Gasteiger partial charge in [0.1, 0.15) is 0 Å². The van der Waals surface area contributed by atoms with Gasteiger partial charge in [-0.2, -0.15) is 0 Å². The fourth-order valence-corrected chi connectivity index (χ4v) is 3.27. The molecule has 0 amide bonds. The summed E-state index contributed by atoms with van der Waals surface area (Å²) in [6.45, 7) is 6.88. The number of pyridine rings is 1. The minimum absolute atomic E-state index is 0.243. The highest BCUT2D eigenvalue weighted by molar-refractivity contribution is 5.37. The zero-order valence-electron chi connectivity index (χ0n) is 12.4. The lowest BCUT2D eigenvalue weighted by atomic mass is 9.85. The maximum atomic E-state index is 4.46. The Bertz CT molecular complexity index is 589. The average molecular weight is 266 g/mol. The van der Waals surface area contributed by atoms with E-state index < -0.39 is 0 Å². The molecule has 1 unspecified atom stereocenters. The molecule has 2 heteroatoms. The van der Waals surface area contributed by atoms with Crippen LogP contribution in [-0.4, -0.2) is 4.98 Å². The van der Waals surface area contributed by atoms with E-state index in [0.29, 0.717) is 6.04 Å². The van der Waals surface area contributed by atoms with Crippen LogP contribution in [0.4, 0.5) is 0 Å². The molecule has 0 saturated heterocycles. The molecule has 0 fully saturated rings. The lowest BCUT2D eigenvalue weighted by Gasteiger charge is -2.31. The summed E-state index contributed by atoms with van der Waals surface area (Å²) in [7, 11) is 0. The van der Waals surface area contributed by atoms with Gasteiger partial charge >= 0.3 is 0 Å². The highest BCUT2D eigenvalue weighted by atomic mass is 15.0. The van der Waals surface area contributed by atoms with Gasteiger partial charge in [0, 0.05) is 18.3 Å². The maximum Gasteiger partial charge on any atom is 0.0570 e. The number of rotatable bonds is 3. The number of fused-ring (bicyclic) bond motifs is 1. The quantitative estimate of drug-likeness (QED) is 0.906. The molecule has 0 spiro atoms. The van der Waals surface area contributed by atoms with Crippen molar-refractivity contribution in [2.24, 2.45) is 5.41 Å². The van der Waals surface area contributed by atoms with Gasteiger partial charge in [0.2, 0.25) is 0 Å². The Labute approximate surface area is 121 Å². The Hall–Kier alpha value is -1.67. The molecule has 0 bridgehead atoms. The van der Waals surface area contributed by atoms with Crippen LogP contribution in [0.15, 0.2) is 48.7 Å². The summed E-state index contributed by atoms with van der Waals surface area (Å²) in [6.07, 6.45) is 3.00. The van der Waals surface area contributed by atoms with E-state index in [1.54, 1.807) is 0 Å². The normalized spacial score (nSPS) is 21.4. The van der Waals surface area contributed by atoms with Crippen LogP contribution in [0, 0.1) is 5.41 Å². The van der Waals surface area contributed by atoms with Crippen LogP contribution in [0.25, 0.3) is 0 Å². The van der Waals surface area contributed by atoms with Gasteiger partial charge in [-0.1, -0.05) is 44.2 Å². The molecule has 3 rings (SSSR count). The highest BCUT2D eigenvalue weighted by Crippen LogP contribution is 2.45. The number of nitrogens with one attached hydrogen (secondary N) is 1. The molecule has 1 aromatic carbocycles. The van der Waals surface area contributed by atoms with E-state index in [1.807, 2.05) is 18.3 Å². The van der Waals surface area contributed by atoms with Crippen LogP contribution in [0.2, 0.25) is 0 Å². The summed E-state index contributed by atoms with van der Waals surface area (Å²) < 4.78 is 0. The fraction of sp³-hybridized carbons (Fsp3) is 0.389.